The Bertz CT molecular complexity index is 1500. The predicted octanol–water partition coefficient (Wildman–Crippen LogP) is 4.69. The molecule has 8 nitrogen and oxygen atoms in total. The molecule has 0 saturated heterocycles. The Kier molecular flexibility index (Phi) is 5.76. The molecule has 2 aromatic heterocycles. The van der Waals surface area contributed by atoms with E-state index in [9.17, 15) is 14.4 Å². The minimum Gasteiger partial charge on any atom is -0.427 e. The second-order valence-corrected chi connectivity index (χ2v) is 7.89. The largest absolute Gasteiger partial charge is 0.427 e. The highest BCUT2D eigenvalue weighted by molar-refractivity contribution is 5.71. The van der Waals surface area contributed by atoms with E-state index in [1.807, 2.05) is 60.7 Å². The predicted molar refractivity (Wildman–Crippen MR) is 128 cm³/mol. The fourth-order valence-corrected chi connectivity index (χ4v) is 4.18. The lowest BCUT2D eigenvalue weighted by Crippen LogP contribution is -2.18. The molecule has 2 heterocycles. The van der Waals surface area contributed by atoms with Gasteiger partial charge in [0.25, 0.3) is 0 Å². The zero-order valence-electron chi connectivity index (χ0n) is 18.6. The fourth-order valence-electron chi connectivity index (χ4n) is 4.18. The van der Waals surface area contributed by atoms with E-state index in [4.69, 9.17) is 13.8 Å². The lowest BCUT2D eigenvalue weighted by Gasteiger charge is -2.17. The molecular formula is C27H20N2O6. The molecule has 0 spiro atoms. The summed E-state index contributed by atoms with van der Waals surface area (Å²) >= 11 is 0. The van der Waals surface area contributed by atoms with Crippen LogP contribution in [0.4, 0.5) is 0 Å². The van der Waals surface area contributed by atoms with E-state index in [-0.39, 0.29) is 16.9 Å². The number of nitrogens with one attached hydrogen (secondary N) is 2. The molecule has 5 aromatic rings. The number of hydrogen-bond donors (Lipinski definition) is 2. The van der Waals surface area contributed by atoms with Gasteiger partial charge >= 0.3 is 17.2 Å². The molecule has 0 unspecified atom stereocenters. The van der Waals surface area contributed by atoms with Crippen molar-refractivity contribution in [1.82, 2.24) is 10.3 Å². The molecule has 0 aliphatic carbocycles. The number of esters is 1. The summed E-state index contributed by atoms with van der Waals surface area (Å²) in [5.74, 6) is -1.11. The summed E-state index contributed by atoms with van der Waals surface area (Å²) in [6.07, 6.45) is 0. The summed E-state index contributed by atoms with van der Waals surface area (Å²) in [5.41, 5.74) is 1.98. The van der Waals surface area contributed by atoms with Crippen LogP contribution in [0.2, 0.25) is 0 Å². The van der Waals surface area contributed by atoms with Gasteiger partial charge in [-0.25, -0.2) is 19.9 Å². The molecule has 174 valence electrons. The van der Waals surface area contributed by atoms with Crippen LogP contribution in [0.15, 0.2) is 104 Å². The zero-order valence-corrected chi connectivity index (χ0v) is 18.6. The molecule has 0 aliphatic rings. The normalized spacial score (nSPS) is 11.0. The molecule has 0 amide bonds. The number of carbonyl (C=O) groups is 1. The molecule has 0 atom stereocenters. The highest BCUT2D eigenvalue weighted by Gasteiger charge is 2.33. The van der Waals surface area contributed by atoms with E-state index >= 15 is 0 Å². The van der Waals surface area contributed by atoms with E-state index in [2.05, 4.69) is 10.3 Å². The first-order valence-corrected chi connectivity index (χ1v) is 10.8. The first-order valence-electron chi connectivity index (χ1n) is 10.8. The van der Waals surface area contributed by atoms with Gasteiger partial charge in [-0.1, -0.05) is 72.8 Å². The minimum absolute atomic E-state index is 0.222. The maximum absolute atomic E-state index is 13.1. The van der Waals surface area contributed by atoms with E-state index in [1.165, 1.54) is 6.92 Å². The van der Waals surface area contributed by atoms with Gasteiger partial charge in [0.1, 0.15) is 5.75 Å². The third-order valence-corrected chi connectivity index (χ3v) is 5.63. The Balaban J connectivity index is 1.80. The first-order chi connectivity index (χ1) is 17.0. The third kappa shape index (κ3) is 4.24. The number of aromatic nitrogens is 2. The Morgan fingerprint density at radius 1 is 0.743 bits per heavy atom. The van der Waals surface area contributed by atoms with Crippen molar-refractivity contribution >= 4 is 5.97 Å². The van der Waals surface area contributed by atoms with E-state index in [0.717, 1.165) is 0 Å². The Hall–Kier alpha value is -4.85. The SMILES string of the molecule is CC(=O)Oc1cccc(C(c2c(-c3ccccc3)[nH]oc2=O)c2c(-c3ccccc3)[nH]oc2=O)c1. The lowest BCUT2D eigenvalue weighted by atomic mass is 9.83. The van der Waals surface area contributed by atoms with E-state index < -0.39 is 23.1 Å². The first kappa shape index (κ1) is 22.0. The van der Waals surface area contributed by atoms with Crippen LogP contribution in [0.25, 0.3) is 22.5 Å². The van der Waals surface area contributed by atoms with Gasteiger partial charge in [-0.2, -0.15) is 0 Å². The van der Waals surface area contributed by atoms with Crippen molar-refractivity contribution in [1.29, 1.82) is 0 Å². The molecule has 2 N–H and O–H groups in total. The quantitative estimate of drug-likeness (QED) is 0.276. The standard InChI is InChI=1S/C27H20N2O6/c1-16(30)33-20-14-8-13-19(15-20)21(22-24(28-34-26(22)31)17-9-4-2-5-10-17)23-25(29-35-27(23)32)18-11-6-3-7-12-18/h2-15,21,28-29H,1H3. The Morgan fingerprint density at radius 2 is 1.26 bits per heavy atom. The zero-order chi connectivity index (χ0) is 24.4. The summed E-state index contributed by atoms with van der Waals surface area (Å²) in [7, 11) is 0. The van der Waals surface area contributed by atoms with Gasteiger partial charge in [0.15, 0.2) is 0 Å². The maximum Gasteiger partial charge on any atom is 0.362 e. The maximum atomic E-state index is 13.1. The molecule has 3 aromatic carbocycles. The molecule has 0 radical (unpaired) electrons. The number of H-pyrrole nitrogens is 2. The summed E-state index contributed by atoms with van der Waals surface area (Å²) in [4.78, 5) is 37.8. The Labute approximate surface area is 198 Å². The number of rotatable bonds is 6. The number of carbonyl (C=O) groups excluding carboxylic acids is 1. The van der Waals surface area contributed by atoms with Gasteiger partial charge in [0.05, 0.1) is 28.4 Å². The highest BCUT2D eigenvalue weighted by atomic mass is 16.5. The van der Waals surface area contributed by atoms with E-state index in [1.54, 1.807) is 24.3 Å². The van der Waals surface area contributed by atoms with Gasteiger partial charge in [-0.3, -0.25) is 4.79 Å². The van der Waals surface area contributed by atoms with Crippen LogP contribution in [-0.2, 0) is 4.79 Å². The number of hydrogen-bond acceptors (Lipinski definition) is 6. The summed E-state index contributed by atoms with van der Waals surface area (Å²) in [6.45, 7) is 1.30. The molecule has 0 aliphatic heterocycles. The van der Waals surface area contributed by atoms with Crippen molar-refractivity contribution in [2.45, 2.75) is 12.8 Å². The summed E-state index contributed by atoms with van der Waals surface area (Å²) in [6, 6.07) is 25.0. The van der Waals surface area contributed by atoms with E-state index in [0.29, 0.717) is 28.1 Å². The van der Waals surface area contributed by atoms with Crippen molar-refractivity contribution in [2.75, 3.05) is 0 Å². The van der Waals surface area contributed by atoms with Crippen molar-refractivity contribution in [3.05, 3.63) is 122 Å². The molecule has 8 heteroatoms. The monoisotopic (exact) mass is 468 g/mol. The van der Waals surface area contributed by atoms with Gasteiger partial charge in [-0.15, -0.1) is 0 Å². The van der Waals surface area contributed by atoms with Crippen LogP contribution in [0, 0.1) is 0 Å². The average Bonchev–Trinajstić information content (AvgIpc) is 3.44. The van der Waals surface area contributed by atoms with Crippen LogP contribution in [0.3, 0.4) is 0 Å². The van der Waals surface area contributed by atoms with Crippen LogP contribution in [0.5, 0.6) is 5.75 Å². The molecule has 5 rings (SSSR count). The van der Waals surface area contributed by atoms with Crippen molar-refractivity contribution in [3.63, 3.8) is 0 Å². The van der Waals surface area contributed by atoms with Crippen LogP contribution in [-0.4, -0.2) is 16.3 Å². The molecule has 0 fully saturated rings. The van der Waals surface area contributed by atoms with Gasteiger partial charge < -0.3 is 13.8 Å². The lowest BCUT2D eigenvalue weighted by molar-refractivity contribution is -0.131. The van der Waals surface area contributed by atoms with Gasteiger partial charge in [-0.05, 0) is 17.7 Å². The summed E-state index contributed by atoms with van der Waals surface area (Å²) < 4.78 is 15.7. The number of ether oxygens (including phenoxy) is 1. The highest BCUT2D eigenvalue weighted by Crippen LogP contribution is 2.39. The number of benzene rings is 3. The fraction of sp³-hybridized carbons (Fsp3) is 0.0741. The second-order valence-electron chi connectivity index (χ2n) is 7.89. The van der Waals surface area contributed by atoms with Crippen molar-refractivity contribution < 1.29 is 18.6 Å². The van der Waals surface area contributed by atoms with Crippen molar-refractivity contribution in [2.24, 2.45) is 0 Å². The Morgan fingerprint density at radius 3 is 1.74 bits per heavy atom. The number of aromatic amines is 2. The third-order valence-electron chi connectivity index (χ3n) is 5.63. The molecule has 0 saturated carbocycles. The molecule has 35 heavy (non-hydrogen) atoms. The van der Waals surface area contributed by atoms with Crippen LogP contribution in [0.1, 0.15) is 29.5 Å². The van der Waals surface area contributed by atoms with Crippen LogP contribution < -0.4 is 16.0 Å². The minimum atomic E-state index is -0.902. The summed E-state index contributed by atoms with van der Waals surface area (Å²) in [5, 5.41) is 5.42. The smallest absolute Gasteiger partial charge is 0.362 e. The van der Waals surface area contributed by atoms with Gasteiger partial charge in [0, 0.05) is 18.1 Å². The second kappa shape index (κ2) is 9.18. The van der Waals surface area contributed by atoms with Crippen LogP contribution >= 0.6 is 0 Å². The van der Waals surface area contributed by atoms with Crippen molar-refractivity contribution in [3.8, 4) is 28.3 Å². The average molecular weight is 468 g/mol. The molecule has 0 bridgehead atoms. The molecular weight excluding hydrogens is 448 g/mol. The van der Waals surface area contributed by atoms with Gasteiger partial charge in [0.2, 0.25) is 0 Å². The topological polar surface area (TPSA) is 118 Å².